The smallest absolute Gasteiger partial charge is 0.274 e. The topological polar surface area (TPSA) is 63.2 Å². The molecule has 0 aliphatic carbocycles. The first-order valence-electron chi connectivity index (χ1n) is 8.59. The van der Waals surface area contributed by atoms with E-state index in [1.807, 2.05) is 50.2 Å². The van der Waals surface area contributed by atoms with E-state index in [1.54, 1.807) is 24.4 Å². The molecule has 1 aromatic heterocycles. The SMILES string of the molecule is CCOc1ccccc1NC(=O)c1cc(Nc2ccc(Cl)cc2C)ccn1. The Hall–Kier alpha value is -3.05. The molecule has 0 saturated heterocycles. The Kier molecular flexibility index (Phi) is 5.94. The lowest BCUT2D eigenvalue weighted by molar-refractivity contribution is 0.102. The monoisotopic (exact) mass is 381 g/mol. The van der Waals surface area contributed by atoms with Crippen molar-refractivity contribution in [3.63, 3.8) is 0 Å². The number of aryl methyl sites for hydroxylation is 1. The number of anilines is 3. The number of halogens is 1. The third kappa shape index (κ3) is 4.77. The number of hydrogen-bond donors (Lipinski definition) is 2. The fourth-order valence-corrected chi connectivity index (χ4v) is 2.82. The molecule has 0 unspecified atom stereocenters. The van der Waals surface area contributed by atoms with Crippen molar-refractivity contribution in [1.82, 2.24) is 4.98 Å². The van der Waals surface area contributed by atoms with Crippen molar-refractivity contribution in [2.75, 3.05) is 17.2 Å². The van der Waals surface area contributed by atoms with Gasteiger partial charge in [0.15, 0.2) is 0 Å². The highest BCUT2D eigenvalue weighted by Gasteiger charge is 2.12. The summed E-state index contributed by atoms with van der Waals surface area (Å²) in [4.78, 5) is 16.8. The zero-order valence-electron chi connectivity index (χ0n) is 15.1. The summed E-state index contributed by atoms with van der Waals surface area (Å²) >= 11 is 6.00. The van der Waals surface area contributed by atoms with E-state index in [2.05, 4.69) is 15.6 Å². The normalized spacial score (nSPS) is 10.3. The van der Waals surface area contributed by atoms with E-state index in [4.69, 9.17) is 16.3 Å². The van der Waals surface area contributed by atoms with E-state index in [0.717, 1.165) is 16.9 Å². The summed E-state index contributed by atoms with van der Waals surface area (Å²) < 4.78 is 5.54. The number of para-hydroxylation sites is 2. The van der Waals surface area contributed by atoms with Crippen molar-refractivity contribution in [3.8, 4) is 5.75 Å². The second-order valence-corrected chi connectivity index (χ2v) is 6.33. The lowest BCUT2D eigenvalue weighted by Crippen LogP contribution is -2.14. The van der Waals surface area contributed by atoms with Gasteiger partial charge in [0.2, 0.25) is 0 Å². The molecule has 0 bridgehead atoms. The molecule has 138 valence electrons. The van der Waals surface area contributed by atoms with Crippen molar-refractivity contribution in [3.05, 3.63) is 77.1 Å². The Labute approximate surface area is 163 Å². The molecular formula is C21H20ClN3O2. The van der Waals surface area contributed by atoms with E-state index < -0.39 is 0 Å². The molecule has 1 heterocycles. The van der Waals surface area contributed by atoms with Crippen LogP contribution in [0.4, 0.5) is 17.1 Å². The second-order valence-electron chi connectivity index (χ2n) is 5.90. The predicted molar refractivity (Wildman–Crippen MR) is 109 cm³/mol. The van der Waals surface area contributed by atoms with Crippen LogP contribution in [0.3, 0.4) is 0 Å². The molecule has 1 amide bonds. The number of pyridine rings is 1. The molecule has 6 heteroatoms. The minimum Gasteiger partial charge on any atom is -0.492 e. The molecular weight excluding hydrogens is 362 g/mol. The van der Waals surface area contributed by atoms with Gasteiger partial charge in [-0.3, -0.25) is 9.78 Å². The van der Waals surface area contributed by atoms with Gasteiger partial charge in [0.1, 0.15) is 11.4 Å². The number of ether oxygens (including phenoxy) is 1. The lowest BCUT2D eigenvalue weighted by Gasteiger charge is -2.12. The maximum Gasteiger partial charge on any atom is 0.274 e. The van der Waals surface area contributed by atoms with Gasteiger partial charge in [-0.15, -0.1) is 0 Å². The number of amides is 1. The van der Waals surface area contributed by atoms with Gasteiger partial charge in [0, 0.05) is 22.6 Å². The number of hydrogen-bond acceptors (Lipinski definition) is 4. The fraction of sp³-hybridized carbons (Fsp3) is 0.143. The summed E-state index contributed by atoms with van der Waals surface area (Å²) in [7, 11) is 0. The Morgan fingerprint density at radius 3 is 2.70 bits per heavy atom. The quantitative estimate of drug-likeness (QED) is 0.597. The van der Waals surface area contributed by atoms with Gasteiger partial charge in [0.25, 0.3) is 5.91 Å². The molecule has 0 fully saturated rings. The van der Waals surface area contributed by atoms with Crippen LogP contribution in [0.5, 0.6) is 5.75 Å². The number of carbonyl (C=O) groups is 1. The molecule has 0 atom stereocenters. The van der Waals surface area contributed by atoms with Crippen LogP contribution >= 0.6 is 11.6 Å². The summed E-state index contributed by atoms with van der Waals surface area (Å²) in [6.07, 6.45) is 1.59. The summed E-state index contributed by atoms with van der Waals surface area (Å²) in [5, 5.41) is 6.82. The molecule has 0 aliphatic heterocycles. The number of aromatic nitrogens is 1. The van der Waals surface area contributed by atoms with Gasteiger partial charge >= 0.3 is 0 Å². The Balaban J connectivity index is 1.78. The number of carbonyl (C=O) groups excluding carboxylic acids is 1. The van der Waals surface area contributed by atoms with Gasteiger partial charge in [-0.05, 0) is 61.9 Å². The summed E-state index contributed by atoms with van der Waals surface area (Å²) in [5.41, 5.74) is 3.60. The van der Waals surface area contributed by atoms with E-state index in [-0.39, 0.29) is 5.91 Å². The van der Waals surface area contributed by atoms with Crippen LogP contribution in [0, 0.1) is 6.92 Å². The van der Waals surface area contributed by atoms with Gasteiger partial charge in [-0.1, -0.05) is 23.7 Å². The maximum atomic E-state index is 12.6. The van der Waals surface area contributed by atoms with Gasteiger partial charge < -0.3 is 15.4 Å². The van der Waals surface area contributed by atoms with Crippen LogP contribution in [-0.4, -0.2) is 17.5 Å². The first kappa shape index (κ1) is 18.7. The lowest BCUT2D eigenvalue weighted by atomic mass is 10.2. The zero-order chi connectivity index (χ0) is 19.2. The number of nitrogens with zero attached hydrogens (tertiary/aromatic N) is 1. The highest BCUT2D eigenvalue weighted by atomic mass is 35.5. The van der Waals surface area contributed by atoms with Crippen LogP contribution < -0.4 is 15.4 Å². The number of nitrogens with one attached hydrogen (secondary N) is 2. The first-order valence-corrected chi connectivity index (χ1v) is 8.97. The predicted octanol–water partition coefficient (Wildman–Crippen LogP) is 5.44. The van der Waals surface area contributed by atoms with Crippen LogP contribution in [0.25, 0.3) is 0 Å². The van der Waals surface area contributed by atoms with Gasteiger partial charge in [0.05, 0.1) is 12.3 Å². The number of benzene rings is 2. The molecule has 5 nitrogen and oxygen atoms in total. The minimum atomic E-state index is -0.307. The van der Waals surface area contributed by atoms with Crippen LogP contribution in [0.2, 0.25) is 5.02 Å². The number of rotatable bonds is 6. The Bertz CT molecular complexity index is 960. The Morgan fingerprint density at radius 2 is 1.93 bits per heavy atom. The second kappa shape index (κ2) is 8.56. The van der Waals surface area contributed by atoms with Crippen LogP contribution in [-0.2, 0) is 0 Å². The van der Waals surface area contributed by atoms with Crippen LogP contribution in [0.1, 0.15) is 23.0 Å². The molecule has 2 N–H and O–H groups in total. The highest BCUT2D eigenvalue weighted by Crippen LogP contribution is 2.26. The fourth-order valence-electron chi connectivity index (χ4n) is 2.59. The van der Waals surface area contributed by atoms with E-state index in [9.17, 15) is 4.79 Å². The zero-order valence-corrected chi connectivity index (χ0v) is 15.9. The minimum absolute atomic E-state index is 0.304. The standard InChI is InChI=1S/C21H20ClN3O2/c1-3-27-20-7-5-4-6-18(20)25-21(26)19-13-16(10-11-23-19)24-17-9-8-15(22)12-14(17)2/h4-13H,3H2,1-2H3,(H,23,24)(H,25,26). The van der Waals surface area contributed by atoms with Crippen molar-refractivity contribution in [2.24, 2.45) is 0 Å². The largest absolute Gasteiger partial charge is 0.492 e. The third-order valence-electron chi connectivity index (χ3n) is 3.90. The third-order valence-corrected chi connectivity index (χ3v) is 4.13. The van der Waals surface area contributed by atoms with Crippen molar-refractivity contribution >= 4 is 34.6 Å². The van der Waals surface area contributed by atoms with E-state index >= 15 is 0 Å². The Morgan fingerprint density at radius 1 is 1.11 bits per heavy atom. The van der Waals surface area contributed by atoms with Crippen molar-refractivity contribution in [1.29, 1.82) is 0 Å². The average molecular weight is 382 g/mol. The average Bonchev–Trinajstić information content (AvgIpc) is 2.66. The molecule has 0 saturated carbocycles. The molecule has 0 radical (unpaired) electrons. The summed E-state index contributed by atoms with van der Waals surface area (Å²) in [5.74, 6) is 0.318. The molecule has 27 heavy (non-hydrogen) atoms. The first-order chi connectivity index (χ1) is 13.1. The highest BCUT2D eigenvalue weighted by molar-refractivity contribution is 6.30. The molecule has 3 rings (SSSR count). The van der Waals surface area contributed by atoms with Crippen molar-refractivity contribution < 1.29 is 9.53 Å². The summed E-state index contributed by atoms with van der Waals surface area (Å²) in [6.45, 7) is 4.38. The van der Waals surface area contributed by atoms with E-state index in [0.29, 0.717) is 28.8 Å². The van der Waals surface area contributed by atoms with Crippen molar-refractivity contribution in [2.45, 2.75) is 13.8 Å². The van der Waals surface area contributed by atoms with Gasteiger partial charge in [-0.2, -0.15) is 0 Å². The van der Waals surface area contributed by atoms with Gasteiger partial charge in [-0.25, -0.2) is 0 Å². The van der Waals surface area contributed by atoms with E-state index in [1.165, 1.54) is 0 Å². The molecule has 0 spiro atoms. The van der Waals surface area contributed by atoms with Crippen LogP contribution in [0.15, 0.2) is 60.8 Å². The molecule has 2 aromatic carbocycles. The summed E-state index contributed by atoms with van der Waals surface area (Å²) in [6, 6.07) is 16.4. The molecule has 3 aromatic rings. The molecule has 0 aliphatic rings. The maximum absolute atomic E-state index is 12.6.